The smallest absolute Gasteiger partial charge is 0.253 e. The maximum Gasteiger partial charge on any atom is 0.253 e. The minimum atomic E-state index is -0.468. The van der Waals surface area contributed by atoms with Gasteiger partial charge in [-0.25, -0.2) is 9.07 Å². The lowest BCUT2D eigenvalue weighted by atomic mass is 10.0. The maximum absolute atomic E-state index is 14.5. The van der Waals surface area contributed by atoms with Gasteiger partial charge in [-0.2, -0.15) is 5.10 Å². The SMILES string of the molecule is Cc1cc(C)n(-c2ccc(C(=O)N(C)CCC(N)C(C)C)cc2F)n1. The maximum atomic E-state index is 14.5. The van der Waals surface area contributed by atoms with Crippen molar-refractivity contribution >= 4 is 5.91 Å². The zero-order valence-corrected chi connectivity index (χ0v) is 15.6. The Bertz CT molecular complexity index is 754. The molecule has 0 fully saturated rings. The summed E-state index contributed by atoms with van der Waals surface area (Å²) in [6, 6.07) is 6.42. The van der Waals surface area contributed by atoms with Gasteiger partial charge in [-0.1, -0.05) is 13.8 Å². The van der Waals surface area contributed by atoms with Crippen molar-refractivity contribution in [1.29, 1.82) is 0 Å². The highest BCUT2D eigenvalue weighted by atomic mass is 19.1. The third kappa shape index (κ3) is 4.45. The summed E-state index contributed by atoms with van der Waals surface area (Å²) in [6.45, 7) is 8.37. The van der Waals surface area contributed by atoms with Gasteiger partial charge in [0.05, 0.1) is 5.69 Å². The molecule has 0 aliphatic rings. The Morgan fingerprint density at radius 1 is 1.32 bits per heavy atom. The van der Waals surface area contributed by atoms with Gasteiger partial charge in [-0.05, 0) is 50.5 Å². The molecular formula is C19H27FN4O. The van der Waals surface area contributed by atoms with Crippen molar-refractivity contribution in [2.45, 2.75) is 40.2 Å². The van der Waals surface area contributed by atoms with Crippen LogP contribution < -0.4 is 5.73 Å². The van der Waals surface area contributed by atoms with Crippen LogP contribution in [-0.2, 0) is 0 Å². The Morgan fingerprint density at radius 2 is 2.00 bits per heavy atom. The predicted molar refractivity (Wildman–Crippen MR) is 97.4 cm³/mol. The largest absolute Gasteiger partial charge is 0.342 e. The van der Waals surface area contributed by atoms with Crippen LogP contribution >= 0.6 is 0 Å². The van der Waals surface area contributed by atoms with E-state index in [-0.39, 0.29) is 11.9 Å². The molecule has 1 amide bonds. The van der Waals surface area contributed by atoms with Gasteiger partial charge in [0.15, 0.2) is 0 Å². The Hall–Kier alpha value is -2.21. The molecule has 0 aliphatic heterocycles. The number of benzene rings is 1. The Labute approximate surface area is 148 Å². The highest BCUT2D eigenvalue weighted by Crippen LogP contribution is 2.18. The summed E-state index contributed by atoms with van der Waals surface area (Å²) < 4.78 is 16.1. The van der Waals surface area contributed by atoms with Crippen molar-refractivity contribution in [2.24, 2.45) is 11.7 Å². The highest BCUT2D eigenvalue weighted by Gasteiger charge is 2.17. The van der Waals surface area contributed by atoms with Gasteiger partial charge >= 0.3 is 0 Å². The average molecular weight is 346 g/mol. The number of nitrogens with zero attached hydrogens (tertiary/aromatic N) is 3. The number of aryl methyl sites for hydroxylation is 2. The monoisotopic (exact) mass is 346 g/mol. The number of halogens is 1. The van der Waals surface area contributed by atoms with Gasteiger partial charge in [-0.3, -0.25) is 4.79 Å². The lowest BCUT2D eigenvalue weighted by Gasteiger charge is -2.21. The van der Waals surface area contributed by atoms with Crippen molar-refractivity contribution in [1.82, 2.24) is 14.7 Å². The summed E-state index contributed by atoms with van der Waals surface area (Å²) in [4.78, 5) is 14.1. The van der Waals surface area contributed by atoms with E-state index >= 15 is 0 Å². The summed E-state index contributed by atoms with van der Waals surface area (Å²) in [5.74, 6) is -0.319. The molecular weight excluding hydrogens is 319 g/mol. The zero-order valence-electron chi connectivity index (χ0n) is 15.6. The number of hydrogen-bond acceptors (Lipinski definition) is 3. The van der Waals surface area contributed by atoms with Crippen LogP contribution in [0.1, 0.15) is 42.0 Å². The molecule has 1 aromatic carbocycles. The molecule has 2 N–H and O–H groups in total. The van der Waals surface area contributed by atoms with Gasteiger partial charge in [0.2, 0.25) is 0 Å². The van der Waals surface area contributed by atoms with Crippen LogP contribution in [-0.4, -0.2) is 40.2 Å². The van der Waals surface area contributed by atoms with Crippen LogP contribution in [0.15, 0.2) is 24.3 Å². The molecule has 0 saturated carbocycles. The van der Waals surface area contributed by atoms with E-state index < -0.39 is 5.82 Å². The van der Waals surface area contributed by atoms with Crippen molar-refractivity contribution in [3.63, 3.8) is 0 Å². The van der Waals surface area contributed by atoms with Crippen molar-refractivity contribution in [3.05, 3.63) is 47.0 Å². The van der Waals surface area contributed by atoms with Crippen LogP contribution in [0.5, 0.6) is 0 Å². The molecule has 1 heterocycles. The molecule has 1 unspecified atom stereocenters. The molecule has 5 nitrogen and oxygen atoms in total. The van der Waals surface area contributed by atoms with E-state index in [2.05, 4.69) is 18.9 Å². The number of nitrogens with two attached hydrogens (primary N) is 1. The molecule has 2 rings (SSSR count). The fourth-order valence-electron chi connectivity index (χ4n) is 2.68. The minimum absolute atomic E-state index is 0.0420. The van der Waals surface area contributed by atoms with Gasteiger partial charge in [-0.15, -0.1) is 0 Å². The molecule has 6 heteroatoms. The second-order valence-electron chi connectivity index (χ2n) is 6.93. The number of carbonyl (C=O) groups excluding carboxylic acids is 1. The van der Waals surface area contributed by atoms with Crippen LogP contribution in [0.3, 0.4) is 0 Å². The molecule has 25 heavy (non-hydrogen) atoms. The molecule has 0 saturated heterocycles. The second-order valence-corrected chi connectivity index (χ2v) is 6.93. The Morgan fingerprint density at radius 3 is 2.52 bits per heavy atom. The van der Waals surface area contributed by atoms with Crippen LogP contribution in [0.4, 0.5) is 4.39 Å². The Balaban J connectivity index is 2.14. The molecule has 136 valence electrons. The van der Waals surface area contributed by atoms with E-state index in [9.17, 15) is 9.18 Å². The molecule has 0 bridgehead atoms. The summed E-state index contributed by atoms with van der Waals surface area (Å²) in [5, 5.41) is 4.28. The first-order valence-electron chi connectivity index (χ1n) is 8.55. The van der Waals surface area contributed by atoms with Gasteiger partial charge in [0.1, 0.15) is 11.5 Å². The minimum Gasteiger partial charge on any atom is -0.342 e. The van der Waals surface area contributed by atoms with Crippen molar-refractivity contribution < 1.29 is 9.18 Å². The average Bonchev–Trinajstić information content (AvgIpc) is 2.89. The van der Waals surface area contributed by atoms with E-state index in [0.717, 1.165) is 11.4 Å². The zero-order chi connectivity index (χ0) is 18.7. The van der Waals surface area contributed by atoms with Gasteiger partial charge in [0.25, 0.3) is 5.91 Å². The van der Waals surface area contributed by atoms with E-state index in [1.807, 2.05) is 19.9 Å². The second kappa shape index (κ2) is 7.78. The van der Waals surface area contributed by atoms with E-state index in [1.54, 1.807) is 28.8 Å². The fraction of sp³-hybridized carbons (Fsp3) is 0.474. The quantitative estimate of drug-likeness (QED) is 0.874. The lowest BCUT2D eigenvalue weighted by Crippen LogP contribution is -2.34. The third-order valence-corrected chi connectivity index (χ3v) is 4.43. The number of hydrogen-bond donors (Lipinski definition) is 1. The fourth-order valence-corrected chi connectivity index (χ4v) is 2.68. The highest BCUT2D eigenvalue weighted by molar-refractivity contribution is 5.94. The normalized spacial score (nSPS) is 12.5. The van der Waals surface area contributed by atoms with Crippen molar-refractivity contribution in [3.8, 4) is 5.69 Å². The topological polar surface area (TPSA) is 64.2 Å². The van der Waals surface area contributed by atoms with Gasteiger partial charge < -0.3 is 10.6 Å². The summed E-state index contributed by atoms with van der Waals surface area (Å²) in [5.41, 5.74) is 8.34. The first kappa shape index (κ1) is 19.1. The Kier molecular flexibility index (Phi) is 5.95. The third-order valence-electron chi connectivity index (χ3n) is 4.43. The molecule has 1 aromatic heterocycles. The van der Waals surface area contributed by atoms with Crippen molar-refractivity contribution in [2.75, 3.05) is 13.6 Å². The van der Waals surface area contributed by atoms with Crippen LogP contribution in [0.25, 0.3) is 5.69 Å². The number of amides is 1. The van der Waals surface area contributed by atoms with E-state index in [1.165, 1.54) is 6.07 Å². The molecule has 0 spiro atoms. The number of carbonyl (C=O) groups is 1. The standard InChI is InChI=1S/C19H27FN4O/c1-12(2)17(21)8-9-23(5)19(25)15-6-7-18(16(20)11-15)24-14(4)10-13(3)22-24/h6-7,10-12,17H,8-9,21H2,1-5H3. The molecule has 2 aromatic rings. The summed E-state index contributed by atoms with van der Waals surface area (Å²) >= 11 is 0. The van der Waals surface area contributed by atoms with Gasteiger partial charge in [0, 0.05) is 30.9 Å². The number of rotatable bonds is 6. The first-order valence-corrected chi connectivity index (χ1v) is 8.55. The summed E-state index contributed by atoms with van der Waals surface area (Å²) in [7, 11) is 1.71. The molecule has 0 radical (unpaired) electrons. The molecule has 0 aliphatic carbocycles. The van der Waals surface area contributed by atoms with Crippen LogP contribution in [0.2, 0.25) is 0 Å². The summed E-state index contributed by atoms with van der Waals surface area (Å²) in [6.07, 6.45) is 0.715. The van der Waals surface area contributed by atoms with E-state index in [4.69, 9.17) is 5.73 Å². The first-order chi connectivity index (χ1) is 11.7. The predicted octanol–water partition coefficient (Wildman–Crippen LogP) is 3.07. The van der Waals surface area contributed by atoms with E-state index in [0.29, 0.717) is 30.1 Å². The number of aromatic nitrogens is 2. The van der Waals surface area contributed by atoms with Crippen LogP contribution in [0, 0.1) is 25.6 Å². The molecule has 1 atom stereocenters. The lowest BCUT2D eigenvalue weighted by molar-refractivity contribution is 0.0788.